The first-order chi connectivity index (χ1) is 6.14. The second-order valence-electron chi connectivity index (χ2n) is 3.62. The zero-order valence-corrected chi connectivity index (χ0v) is 7.75. The highest BCUT2D eigenvalue weighted by molar-refractivity contribution is 5.69. The lowest BCUT2D eigenvalue weighted by molar-refractivity contribution is -0.139. The molecule has 1 atom stereocenters. The largest absolute Gasteiger partial charge is 0.481 e. The number of hydrogen-bond acceptors (Lipinski definition) is 2. The van der Waals surface area contributed by atoms with Crippen molar-refractivity contribution in [2.75, 3.05) is 0 Å². The molecule has 0 spiro atoms. The van der Waals surface area contributed by atoms with Gasteiger partial charge in [0.1, 0.15) is 0 Å². The summed E-state index contributed by atoms with van der Waals surface area (Å²) >= 11 is 0. The van der Waals surface area contributed by atoms with Crippen molar-refractivity contribution >= 4 is 12.4 Å². The molecule has 1 aliphatic carbocycles. The number of carboxylic acid groups (broad SMARTS) is 1. The van der Waals surface area contributed by atoms with Crippen LogP contribution in [0.25, 0.3) is 0 Å². The standard InChI is InChI=1S/C9H15NO3/c1-2-9(10-6-11,5-8(12)13)7-3-4-7/h6-7H,2-5H2,1H3,(H,10,11)(H,12,13). The topological polar surface area (TPSA) is 66.4 Å². The molecule has 13 heavy (non-hydrogen) atoms. The third kappa shape index (κ3) is 2.20. The molecule has 0 bridgehead atoms. The first-order valence-corrected chi connectivity index (χ1v) is 4.58. The van der Waals surface area contributed by atoms with Crippen LogP contribution in [0.5, 0.6) is 0 Å². The lowest BCUT2D eigenvalue weighted by Crippen LogP contribution is -2.47. The number of carbonyl (C=O) groups is 2. The maximum atomic E-state index is 10.6. The first-order valence-electron chi connectivity index (χ1n) is 4.58. The molecule has 0 aliphatic heterocycles. The van der Waals surface area contributed by atoms with Crippen LogP contribution < -0.4 is 5.32 Å². The van der Waals surface area contributed by atoms with E-state index in [1.807, 2.05) is 6.92 Å². The van der Waals surface area contributed by atoms with Crippen molar-refractivity contribution in [1.29, 1.82) is 0 Å². The van der Waals surface area contributed by atoms with E-state index in [0.29, 0.717) is 18.7 Å². The zero-order chi connectivity index (χ0) is 9.90. The summed E-state index contributed by atoms with van der Waals surface area (Å²) in [7, 11) is 0. The minimum Gasteiger partial charge on any atom is -0.481 e. The molecule has 1 rings (SSSR count). The normalized spacial score (nSPS) is 20.4. The van der Waals surface area contributed by atoms with Crippen LogP contribution in [-0.4, -0.2) is 23.0 Å². The highest BCUT2D eigenvalue weighted by atomic mass is 16.4. The monoisotopic (exact) mass is 185 g/mol. The Hall–Kier alpha value is -1.06. The molecule has 1 saturated carbocycles. The first kappa shape index (κ1) is 10.0. The number of nitrogens with one attached hydrogen (secondary N) is 1. The molecule has 0 saturated heterocycles. The second-order valence-corrected chi connectivity index (χ2v) is 3.62. The van der Waals surface area contributed by atoms with E-state index in [1.54, 1.807) is 0 Å². The summed E-state index contributed by atoms with van der Waals surface area (Å²) in [5.41, 5.74) is -0.492. The molecule has 4 heteroatoms. The highest BCUT2D eigenvalue weighted by Crippen LogP contribution is 2.43. The molecule has 1 amide bonds. The van der Waals surface area contributed by atoms with Gasteiger partial charge in [-0.25, -0.2) is 0 Å². The second kappa shape index (κ2) is 3.77. The van der Waals surface area contributed by atoms with E-state index in [4.69, 9.17) is 5.11 Å². The molecule has 0 aromatic rings. The average Bonchev–Trinajstić information content (AvgIpc) is 2.85. The van der Waals surface area contributed by atoms with Crippen molar-refractivity contribution < 1.29 is 14.7 Å². The molecule has 0 radical (unpaired) electrons. The summed E-state index contributed by atoms with van der Waals surface area (Å²) in [6.45, 7) is 1.91. The molecule has 1 unspecified atom stereocenters. The number of amides is 1. The number of carbonyl (C=O) groups excluding carboxylic acids is 1. The molecule has 2 N–H and O–H groups in total. The molecule has 0 heterocycles. The number of aliphatic carboxylic acids is 1. The van der Waals surface area contributed by atoms with Gasteiger partial charge in [0, 0.05) is 0 Å². The van der Waals surface area contributed by atoms with E-state index >= 15 is 0 Å². The van der Waals surface area contributed by atoms with Crippen molar-refractivity contribution in [1.82, 2.24) is 5.32 Å². The summed E-state index contributed by atoms with van der Waals surface area (Å²) in [6, 6.07) is 0. The Morgan fingerprint density at radius 3 is 2.62 bits per heavy atom. The molecular weight excluding hydrogens is 170 g/mol. The Balaban J connectivity index is 2.68. The van der Waals surface area contributed by atoms with E-state index in [9.17, 15) is 9.59 Å². The predicted octanol–water partition coefficient (Wildman–Crippen LogP) is 0.766. The van der Waals surface area contributed by atoms with Crippen molar-refractivity contribution in [3.8, 4) is 0 Å². The summed E-state index contributed by atoms with van der Waals surface area (Å²) in [5, 5.41) is 11.4. The maximum absolute atomic E-state index is 10.6. The SMILES string of the molecule is CCC(CC(=O)O)(NC=O)C1CC1. The van der Waals surface area contributed by atoms with Crippen molar-refractivity contribution in [2.24, 2.45) is 5.92 Å². The average molecular weight is 185 g/mol. The Bertz CT molecular complexity index is 213. The molecule has 0 aromatic heterocycles. The van der Waals surface area contributed by atoms with Gasteiger partial charge in [0.2, 0.25) is 6.41 Å². The third-order valence-corrected chi connectivity index (χ3v) is 2.80. The van der Waals surface area contributed by atoms with Gasteiger partial charge in [0.15, 0.2) is 0 Å². The Labute approximate surface area is 77.3 Å². The minimum atomic E-state index is -0.844. The van der Waals surface area contributed by atoms with Crippen LogP contribution in [0.4, 0.5) is 0 Å². The van der Waals surface area contributed by atoms with Crippen molar-refractivity contribution in [3.05, 3.63) is 0 Å². The summed E-state index contributed by atoms with van der Waals surface area (Å²) in [6.07, 6.45) is 3.39. The van der Waals surface area contributed by atoms with Gasteiger partial charge < -0.3 is 10.4 Å². The molecule has 0 aromatic carbocycles. The molecule has 1 aliphatic rings. The fourth-order valence-electron chi connectivity index (χ4n) is 1.85. The zero-order valence-electron chi connectivity index (χ0n) is 7.75. The van der Waals surface area contributed by atoms with Gasteiger partial charge >= 0.3 is 5.97 Å². The van der Waals surface area contributed by atoms with Gasteiger partial charge in [-0.2, -0.15) is 0 Å². The minimum absolute atomic E-state index is 0.0346. The van der Waals surface area contributed by atoms with Gasteiger partial charge in [0.25, 0.3) is 0 Å². The predicted molar refractivity (Wildman–Crippen MR) is 47.2 cm³/mol. The smallest absolute Gasteiger partial charge is 0.305 e. The lowest BCUT2D eigenvalue weighted by atomic mass is 9.87. The van der Waals surface area contributed by atoms with E-state index in [2.05, 4.69) is 5.32 Å². The van der Waals surface area contributed by atoms with Crippen LogP contribution in [0.3, 0.4) is 0 Å². The Morgan fingerprint density at radius 2 is 2.31 bits per heavy atom. The van der Waals surface area contributed by atoms with E-state index in [-0.39, 0.29) is 6.42 Å². The maximum Gasteiger partial charge on any atom is 0.305 e. The molecular formula is C9H15NO3. The van der Waals surface area contributed by atoms with Crippen LogP contribution >= 0.6 is 0 Å². The fraction of sp³-hybridized carbons (Fsp3) is 0.778. The van der Waals surface area contributed by atoms with Gasteiger partial charge in [0.05, 0.1) is 12.0 Å². The number of carboxylic acids is 1. The van der Waals surface area contributed by atoms with Gasteiger partial charge in [-0.1, -0.05) is 6.92 Å². The summed E-state index contributed by atoms with van der Waals surface area (Å²) in [4.78, 5) is 21.0. The van der Waals surface area contributed by atoms with Crippen molar-refractivity contribution in [3.63, 3.8) is 0 Å². The highest BCUT2D eigenvalue weighted by Gasteiger charge is 2.45. The summed E-state index contributed by atoms with van der Waals surface area (Å²) < 4.78 is 0. The molecule has 74 valence electrons. The lowest BCUT2D eigenvalue weighted by Gasteiger charge is -2.30. The quantitative estimate of drug-likeness (QED) is 0.600. The fourth-order valence-corrected chi connectivity index (χ4v) is 1.85. The van der Waals surface area contributed by atoms with Crippen LogP contribution in [0.2, 0.25) is 0 Å². The number of rotatable bonds is 6. The Morgan fingerprint density at radius 1 is 1.69 bits per heavy atom. The van der Waals surface area contributed by atoms with Crippen LogP contribution in [-0.2, 0) is 9.59 Å². The van der Waals surface area contributed by atoms with E-state index in [0.717, 1.165) is 12.8 Å². The van der Waals surface area contributed by atoms with Crippen molar-refractivity contribution in [2.45, 2.75) is 38.1 Å². The van der Waals surface area contributed by atoms with Crippen LogP contribution in [0.15, 0.2) is 0 Å². The summed E-state index contributed by atoms with van der Waals surface area (Å²) in [5.74, 6) is -0.484. The van der Waals surface area contributed by atoms with Gasteiger partial charge in [-0.05, 0) is 25.2 Å². The van der Waals surface area contributed by atoms with E-state index in [1.165, 1.54) is 0 Å². The molecule has 1 fully saturated rings. The van der Waals surface area contributed by atoms with E-state index < -0.39 is 11.5 Å². The Kier molecular flexibility index (Phi) is 2.90. The van der Waals surface area contributed by atoms with Crippen LogP contribution in [0, 0.1) is 5.92 Å². The number of hydrogen-bond donors (Lipinski definition) is 2. The third-order valence-electron chi connectivity index (χ3n) is 2.80. The van der Waals surface area contributed by atoms with Gasteiger partial charge in [-0.3, -0.25) is 9.59 Å². The van der Waals surface area contributed by atoms with Crippen LogP contribution in [0.1, 0.15) is 32.6 Å². The van der Waals surface area contributed by atoms with Gasteiger partial charge in [-0.15, -0.1) is 0 Å². The molecule has 4 nitrogen and oxygen atoms in total.